The van der Waals surface area contributed by atoms with Crippen LogP contribution in [-0.2, 0) is 0 Å². The molecular weight excluding hydrogens is 313 g/mol. The standard InChI is InChI=1S/C15H9Cl2NO3/c16-13-7-1-10(9-14(13)17)2-8-15(19)11-3-5-12(6-4-11)18(20)21/h1-9H/b8-2+. The smallest absolute Gasteiger partial charge is 0.269 e. The minimum Gasteiger partial charge on any atom is -0.289 e. The van der Waals surface area contributed by atoms with Crippen molar-refractivity contribution in [1.29, 1.82) is 0 Å². The lowest BCUT2D eigenvalue weighted by Gasteiger charge is -1.98. The molecule has 6 heteroatoms. The highest BCUT2D eigenvalue weighted by molar-refractivity contribution is 6.42. The van der Waals surface area contributed by atoms with E-state index >= 15 is 0 Å². The molecule has 0 aliphatic heterocycles. The molecule has 0 radical (unpaired) electrons. The first-order valence-corrected chi connectivity index (χ1v) is 6.65. The number of non-ortho nitro benzene ring substituents is 1. The van der Waals surface area contributed by atoms with Gasteiger partial charge in [0.2, 0.25) is 0 Å². The van der Waals surface area contributed by atoms with Crippen LogP contribution < -0.4 is 0 Å². The molecule has 0 saturated heterocycles. The third kappa shape index (κ3) is 3.90. The second kappa shape index (κ2) is 6.52. The Labute approximate surface area is 130 Å². The molecular formula is C15H9Cl2NO3. The van der Waals surface area contributed by atoms with E-state index < -0.39 is 4.92 Å². The third-order valence-electron chi connectivity index (χ3n) is 2.73. The number of allylic oxidation sites excluding steroid dienone is 1. The molecule has 106 valence electrons. The normalized spacial score (nSPS) is 10.8. The summed E-state index contributed by atoms with van der Waals surface area (Å²) in [5.74, 6) is -0.254. The molecule has 0 saturated carbocycles. The van der Waals surface area contributed by atoms with Crippen molar-refractivity contribution in [3.8, 4) is 0 Å². The van der Waals surface area contributed by atoms with Crippen LogP contribution in [0.3, 0.4) is 0 Å². The van der Waals surface area contributed by atoms with Crippen LogP contribution in [0.4, 0.5) is 5.69 Å². The zero-order valence-corrected chi connectivity index (χ0v) is 12.1. The average Bonchev–Trinajstić information content (AvgIpc) is 2.48. The number of carbonyl (C=O) groups is 1. The number of hydrogen-bond donors (Lipinski definition) is 0. The molecule has 0 aromatic heterocycles. The van der Waals surface area contributed by atoms with Crippen molar-refractivity contribution < 1.29 is 9.72 Å². The zero-order valence-electron chi connectivity index (χ0n) is 10.6. The highest BCUT2D eigenvalue weighted by atomic mass is 35.5. The summed E-state index contributed by atoms with van der Waals surface area (Å²) in [5, 5.41) is 11.4. The Balaban J connectivity index is 2.14. The van der Waals surface area contributed by atoms with Crippen LogP contribution in [0, 0.1) is 10.1 Å². The Bertz CT molecular complexity index is 724. The number of nitro groups is 1. The van der Waals surface area contributed by atoms with Gasteiger partial charge >= 0.3 is 0 Å². The van der Waals surface area contributed by atoms with Crippen LogP contribution in [0.25, 0.3) is 6.08 Å². The molecule has 2 aromatic rings. The Kier molecular flexibility index (Phi) is 4.73. The summed E-state index contributed by atoms with van der Waals surface area (Å²) in [6, 6.07) is 10.4. The molecule has 0 N–H and O–H groups in total. The van der Waals surface area contributed by atoms with Gasteiger partial charge in [0.25, 0.3) is 5.69 Å². The number of benzene rings is 2. The molecule has 0 bridgehead atoms. The van der Waals surface area contributed by atoms with Crippen LogP contribution >= 0.6 is 23.2 Å². The molecule has 2 rings (SSSR count). The summed E-state index contributed by atoms with van der Waals surface area (Å²) in [6.07, 6.45) is 2.98. The fraction of sp³-hybridized carbons (Fsp3) is 0. The van der Waals surface area contributed by atoms with Gasteiger partial charge < -0.3 is 0 Å². The van der Waals surface area contributed by atoms with Crippen LogP contribution in [-0.4, -0.2) is 10.7 Å². The SMILES string of the molecule is O=C(/C=C/c1ccc(Cl)c(Cl)c1)c1ccc([N+](=O)[O-])cc1. The summed E-state index contributed by atoms with van der Waals surface area (Å²) >= 11 is 11.7. The highest BCUT2D eigenvalue weighted by Gasteiger charge is 2.07. The molecule has 0 aliphatic carbocycles. The maximum Gasteiger partial charge on any atom is 0.269 e. The zero-order chi connectivity index (χ0) is 15.4. The maximum atomic E-state index is 11.9. The quantitative estimate of drug-likeness (QED) is 0.352. The van der Waals surface area contributed by atoms with Crippen molar-refractivity contribution in [3.63, 3.8) is 0 Å². The largest absolute Gasteiger partial charge is 0.289 e. The number of nitrogens with zero attached hydrogens (tertiary/aromatic N) is 1. The van der Waals surface area contributed by atoms with Crippen molar-refractivity contribution in [2.45, 2.75) is 0 Å². The van der Waals surface area contributed by atoms with Crippen LogP contribution in [0.5, 0.6) is 0 Å². The molecule has 0 heterocycles. The predicted molar refractivity (Wildman–Crippen MR) is 82.9 cm³/mol. The van der Waals surface area contributed by atoms with E-state index in [2.05, 4.69) is 0 Å². The minimum atomic E-state index is -0.514. The second-order valence-corrected chi connectivity index (χ2v) is 4.99. The monoisotopic (exact) mass is 321 g/mol. The van der Waals surface area contributed by atoms with Crippen molar-refractivity contribution in [2.24, 2.45) is 0 Å². The fourth-order valence-electron chi connectivity index (χ4n) is 1.63. The summed E-state index contributed by atoms with van der Waals surface area (Å²) in [5.41, 5.74) is 1.05. The molecule has 0 unspecified atom stereocenters. The van der Waals surface area contributed by atoms with E-state index in [1.54, 1.807) is 24.3 Å². The fourth-order valence-corrected chi connectivity index (χ4v) is 1.94. The topological polar surface area (TPSA) is 60.2 Å². The Hall–Kier alpha value is -2.17. The van der Waals surface area contributed by atoms with Gasteiger partial charge in [-0.2, -0.15) is 0 Å². The van der Waals surface area contributed by atoms with E-state index in [-0.39, 0.29) is 11.5 Å². The summed E-state index contributed by atoms with van der Waals surface area (Å²) in [4.78, 5) is 22.0. The lowest BCUT2D eigenvalue weighted by Crippen LogP contribution is -1.95. The molecule has 0 fully saturated rings. The number of hydrogen-bond acceptors (Lipinski definition) is 3. The van der Waals surface area contributed by atoms with E-state index in [0.717, 1.165) is 5.56 Å². The number of carbonyl (C=O) groups excluding carboxylic acids is 1. The lowest BCUT2D eigenvalue weighted by atomic mass is 10.1. The van der Waals surface area contributed by atoms with E-state index in [9.17, 15) is 14.9 Å². The molecule has 4 nitrogen and oxygen atoms in total. The first kappa shape index (κ1) is 15.2. The molecule has 0 atom stereocenters. The van der Waals surface area contributed by atoms with Crippen LogP contribution in [0.15, 0.2) is 48.5 Å². The Morgan fingerprint density at radius 3 is 2.29 bits per heavy atom. The summed E-state index contributed by atoms with van der Waals surface area (Å²) in [6.45, 7) is 0. The van der Waals surface area contributed by atoms with Gasteiger partial charge in [-0.05, 0) is 35.9 Å². The molecule has 2 aromatic carbocycles. The van der Waals surface area contributed by atoms with Gasteiger partial charge in [-0.25, -0.2) is 0 Å². The average molecular weight is 322 g/mol. The van der Waals surface area contributed by atoms with Crippen LogP contribution in [0.2, 0.25) is 10.0 Å². The van der Waals surface area contributed by atoms with Crippen molar-refractivity contribution in [3.05, 3.63) is 79.8 Å². The number of halogens is 2. The van der Waals surface area contributed by atoms with Gasteiger partial charge in [-0.3, -0.25) is 14.9 Å². The molecule has 0 aliphatic rings. The van der Waals surface area contributed by atoms with E-state index in [1.807, 2.05) is 0 Å². The minimum absolute atomic E-state index is 0.0555. The number of rotatable bonds is 4. The highest BCUT2D eigenvalue weighted by Crippen LogP contribution is 2.23. The Morgan fingerprint density at radius 1 is 1.05 bits per heavy atom. The van der Waals surface area contributed by atoms with Gasteiger partial charge in [0, 0.05) is 17.7 Å². The van der Waals surface area contributed by atoms with Crippen LogP contribution in [0.1, 0.15) is 15.9 Å². The number of ketones is 1. The van der Waals surface area contributed by atoms with Gasteiger partial charge in [-0.1, -0.05) is 35.3 Å². The first-order chi connectivity index (χ1) is 9.97. The van der Waals surface area contributed by atoms with Gasteiger partial charge in [0.05, 0.1) is 15.0 Å². The summed E-state index contributed by atoms with van der Waals surface area (Å²) in [7, 11) is 0. The summed E-state index contributed by atoms with van der Waals surface area (Å²) < 4.78 is 0. The van der Waals surface area contributed by atoms with E-state index in [0.29, 0.717) is 15.6 Å². The van der Waals surface area contributed by atoms with Crippen molar-refractivity contribution in [2.75, 3.05) is 0 Å². The van der Waals surface area contributed by atoms with E-state index in [1.165, 1.54) is 30.3 Å². The van der Waals surface area contributed by atoms with Crippen molar-refractivity contribution in [1.82, 2.24) is 0 Å². The van der Waals surface area contributed by atoms with Gasteiger partial charge in [0.15, 0.2) is 5.78 Å². The maximum absolute atomic E-state index is 11.9. The predicted octanol–water partition coefficient (Wildman–Crippen LogP) is 4.80. The van der Waals surface area contributed by atoms with Gasteiger partial charge in [0.1, 0.15) is 0 Å². The second-order valence-electron chi connectivity index (χ2n) is 4.18. The Morgan fingerprint density at radius 2 is 1.71 bits per heavy atom. The van der Waals surface area contributed by atoms with E-state index in [4.69, 9.17) is 23.2 Å². The first-order valence-electron chi connectivity index (χ1n) is 5.89. The molecule has 0 amide bonds. The van der Waals surface area contributed by atoms with Crippen molar-refractivity contribution >= 4 is 40.7 Å². The lowest BCUT2D eigenvalue weighted by molar-refractivity contribution is -0.384. The third-order valence-corrected chi connectivity index (χ3v) is 3.47. The number of nitro benzene ring substituents is 1. The van der Waals surface area contributed by atoms with Gasteiger partial charge in [-0.15, -0.1) is 0 Å². The molecule has 0 spiro atoms. The molecule has 21 heavy (non-hydrogen) atoms.